The van der Waals surface area contributed by atoms with Crippen molar-refractivity contribution in [3.63, 3.8) is 0 Å². The molecule has 2 aromatic carbocycles. The molecule has 2 aliphatic rings. The normalized spacial score (nSPS) is 20.0. The Hall–Kier alpha value is -3.59. The number of nitro benzene ring substituents is 1. The van der Waals surface area contributed by atoms with E-state index in [9.17, 15) is 15.4 Å². The van der Waals surface area contributed by atoms with Crippen molar-refractivity contribution in [2.75, 3.05) is 0 Å². The molecule has 6 heteroatoms. The minimum atomic E-state index is -0.471. The van der Waals surface area contributed by atoms with Crippen molar-refractivity contribution in [1.29, 1.82) is 5.26 Å². The maximum atomic E-state index is 11.3. The number of nitrogens with zero attached hydrogens (tertiary/aromatic N) is 2. The number of hydrogen-bond acceptors (Lipinski definition) is 5. The summed E-state index contributed by atoms with van der Waals surface area (Å²) in [5.74, 6) is 0.233. The Labute approximate surface area is 162 Å². The van der Waals surface area contributed by atoms with E-state index in [-0.39, 0.29) is 22.6 Å². The molecule has 0 radical (unpaired) electrons. The van der Waals surface area contributed by atoms with Crippen molar-refractivity contribution in [2.24, 2.45) is 5.73 Å². The van der Waals surface area contributed by atoms with Gasteiger partial charge >= 0.3 is 0 Å². The van der Waals surface area contributed by atoms with Crippen molar-refractivity contribution in [2.45, 2.75) is 31.6 Å². The van der Waals surface area contributed by atoms with Crippen LogP contribution in [-0.4, -0.2) is 4.92 Å². The fourth-order valence-corrected chi connectivity index (χ4v) is 4.24. The van der Waals surface area contributed by atoms with E-state index in [4.69, 9.17) is 10.5 Å². The molecule has 0 spiro atoms. The van der Waals surface area contributed by atoms with Crippen molar-refractivity contribution < 1.29 is 9.66 Å². The molecule has 0 bridgehead atoms. The summed E-state index contributed by atoms with van der Waals surface area (Å²) in [6.45, 7) is 4.29. The van der Waals surface area contributed by atoms with Gasteiger partial charge in [0.15, 0.2) is 0 Å². The van der Waals surface area contributed by atoms with Crippen molar-refractivity contribution in [1.82, 2.24) is 0 Å². The van der Waals surface area contributed by atoms with Gasteiger partial charge in [-0.3, -0.25) is 10.1 Å². The maximum absolute atomic E-state index is 11.3. The molecule has 1 aliphatic carbocycles. The van der Waals surface area contributed by atoms with E-state index < -0.39 is 10.8 Å². The molecule has 1 atom stereocenters. The van der Waals surface area contributed by atoms with Gasteiger partial charge < -0.3 is 10.5 Å². The fourth-order valence-electron chi connectivity index (χ4n) is 4.24. The number of fused-ring (bicyclic) bond motifs is 2. The van der Waals surface area contributed by atoms with Crippen LogP contribution in [0.5, 0.6) is 0 Å². The van der Waals surface area contributed by atoms with Crippen molar-refractivity contribution in [3.05, 3.63) is 92.4 Å². The number of rotatable bonds is 2. The van der Waals surface area contributed by atoms with E-state index in [0.717, 1.165) is 16.7 Å². The number of non-ortho nitro benzene ring substituents is 1. The molecule has 1 unspecified atom stereocenters. The van der Waals surface area contributed by atoms with Gasteiger partial charge in [0, 0.05) is 23.6 Å². The molecule has 0 fully saturated rings. The zero-order chi connectivity index (χ0) is 20.1. The highest BCUT2D eigenvalue weighted by Crippen LogP contribution is 2.52. The number of benzene rings is 2. The summed E-state index contributed by atoms with van der Waals surface area (Å²) < 4.78 is 5.92. The molecule has 0 amide bonds. The largest absolute Gasteiger partial charge is 0.440 e. The van der Waals surface area contributed by atoms with Gasteiger partial charge in [0.05, 0.1) is 4.92 Å². The third-order valence-corrected chi connectivity index (χ3v) is 5.47. The molecule has 2 N–H and O–H groups in total. The van der Waals surface area contributed by atoms with Crippen molar-refractivity contribution >= 4 is 11.4 Å². The minimum absolute atomic E-state index is 0.0162. The Balaban J connectivity index is 1.97. The molecule has 140 valence electrons. The van der Waals surface area contributed by atoms with Crippen LogP contribution in [-0.2, 0) is 10.2 Å². The lowest BCUT2D eigenvalue weighted by molar-refractivity contribution is -0.384. The molecule has 0 saturated carbocycles. The number of nitriles is 1. The summed E-state index contributed by atoms with van der Waals surface area (Å²) in [5.41, 5.74) is 9.90. The smallest absolute Gasteiger partial charge is 0.269 e. The third-order valence-electron chi connectivity index (χ3n) is 5.47. The Morgan fingerprint density at radius 2 is 2.00 bits per heavy atom. The molecule has 1 aliphatic heterocycles. The SMILES string of the molecule is CC1(C)CC2=C(OC(N)=C(C#N)C2c2cccc([N+](=O)[O-])c2)c2ccccc21. The second-order valence-corrected chi connectivity index (χ2v) is 7.74. The summed E-state index contributed by atoms with van der Waals surface area (Å²) in [6.07, 6.45) is 0.658. The molecular weight excluding hydrogens is 354 g/mol. The fraction of sp³-hybridized carbons (Fsp3) is 0.227. The topological polar surface area (TPSA) is 102 Å². The Bertz CT molecular complexity index is 1110. The standard InChI is InChI=1S/C22H19N3O3/c1-22(2)11-16-19(13-6-5-7-14(10-13)25(26)27)17(12-23)21(24)28-20(16)15-8-3-4-9-18(15)22/h3-10,19H,11,24H2,1-2H3. The summed E-state index contributed by atoms with van der Waals surface area (Å²) in [5, 5.41) is 21.0. The van der Waals surface area contributed by atoms with Crippen LogP contribution in [0.25, 0.3) is 5.76 Å². The van der Waals surface area contributed by atoms with Gasteiger partial charge in [0.2, 0.25) is 5.88 Å². The lowest BCUT2D eigenvalue weighted by atomic mass is 9.67. The number of nitrogens with two attached hydrogens (primary N) is 1. The third kappa shape index (κ3) is 2.64. The van der Waals surface area contributed by atoms with Gasteiger partial charge in [0.25, 0.3) is 5.69 Å². The van der Waals surface area contributed by atoms with Crippen LogP contribution in [0.1, 0.15) is 42.9 Å². The van der Waals surface area contributed by atoms with Gasteiger partial charge in [-0.2, -0.15) is 5.26 Å². The number of ether oxygens (including phenoxy) is 1. The van der Waals surface area contributed by atoms with E-state index in [0.29, 0.717) is 17.7 Å². The van der Waals surface area contributed by atoms with Crippen LogP contribution in [0.2, 0.25) is 0 Å². The molecule has 0 aromatic heterocycles. The second-order valence-electron chi connectivity index (χ2n) is 7.74. The zero-order valence-electron chi connectivity index (χ0n) is 15.6. The lowest BCUT2D eigenvalue weighted by Crippen LogP contribution is -2.31. The van der Waals surface area contributed by atoms with Crippen LogP contribution >= 0.6 is 0 Å². The molecular formula is C22H19N3O3. The summed E-state index contributed by atoms with van der Waals surface area (Å²) in [6, 6.07) is 16.5. The van der Waals surface area contributed by atoms with Crippen LogP contribution in [0.3, 0.4) is 0 Å². The van der Waals surface area contributed by atoms with E-state index in [2.05, 4.69) is 26.0 Å². The Morgan fingerprint density at radius 1 is 1.25 bits per heavy atom. The summed E-state index contributed by atoms with van der Waals surface area (Å²) in [7, 11) is 0. The van der Waals surface area contributed by atoms with Crippen LogP contribution < -0.4 is 5.73 Å². The summed E-state index contributed by atoms with van der Waals surface area (Å²) >= 11 is 0. The first-order valence-electron chi connectivity index (χ1n) is 8.98. The predicted molar refractivity (Wildman–Crippen MR) is 105 cm³/mol. The molecule has 4 rings (SSSR count). The quantitative estimate of drug-likeness (QED) is 0.617. The van der Waals surface area contributed by atoms with Gasteiger partial charge in [-0.05, 0) is 28.5 Å². The van der Waals surface area contributed by atoms with Gasteiger partial charge in [-0.1, -0.05) is 50.2 Å². The van der Waals surface area contributed by atoms with Gasteiger partial charge in [-0.15, -0.1) is 0 Å². The summed E-state index contributed by atoms with van der Waals surface area (Å²) in [4.78, 5) is 10.8. The molecule has 1 heterocycles. The average Bonchev–Trinajstić information content (AvgIpc) is 2.68. The monoisotopic (exact) mass is 373 g/mol. The van der Waals surface area contributed by atoms with Crippen molar-refractivity contribution in [3.8, 4) is 6.07 Å². The van der Waals surface area contributed by atoms with Gasteiger partial charge in [-0.25, -0.2) is 0 Å². The number of hydrogen-bond donors (Lipinski definition) is 1. The highest BCUT2D eigenvalue weighted by atomic mass is 16.6. The van der Waals surface area contributed by atoms with E-state index in [1.807, 2.05) is 18.2 Å². The Kier molecular flexibility index (Phi) is 3.97. The predicted octanol–water partition coefficient (Wildman–Crippen LogP) is 4.50. The first kappa shape index (κ1) is 17.8. The van der Waals surface area contributed by atoms with Crippen LogP contribution in [0.4, 0.5) is 5.69 Å². The van der Waals surface area contributed by atoms with E-state index in [1.54, 1.807) is 12.1 Å². The highest BCUT2D eigenvalue weighted by Gasteiger charge is 2.41. The molecule has 28 heavy (non-hydrogen) atoms. The first-order valence-corrected chi connectivity index (χ1v) is 8.98. The van der Waals surface area contributed by atoms with E-state index >= 15 is 0 Å². The number of allylic oxidation sites excluding steroid dienone is 2. The number of nitro groups is 1. The maximum Gasteiger partial charge on any atom is 0.269 e. The Morgan fingerprint density at radius 3 is 2.71 bits per heavy atom. The lowest BCUT2D eigenvalue weighted by Gasteiger charge is -2.40. The van der Waals surface area contributed by atoms with Gasteiger partial charge in [0.1, 0.15) is 17.4 Å². The molecule has 6 nitrogen and oxygen atoms in total. The zero-order valence-corrected chi connectivity index (χ0v) is 15.6. The first-order chi connectivity index (χ1) is 13.3. The van der Waals surface area contributed by atoms with Crippen LogP contribution in [0.15, 0.2) is 65.6 Å². The van der Waals surface area contributed by atoms with E-state index in [1.165, 1.54) is 12.1 Å². The molecule has 0 saturated heterocycles. The minimum Gasteiger partial charge on any atom is -0.440 e. The van der Waals surface area contributed by atoms with Crippen LogP contribution in [0, 0.1) is 21.4 Å². The average molecular weight is 373 g/mol. The molecule has 2 aromatic rings. The second kappa shape index (κ2) is 6.24. The highest BCUT2D eigenvalue weighted by molar-refractivity contribution is 5.75.